The summed E-state index contributed by atoms with van der Waals surface area (Å²) in [4.78, 5) is 13.9. The molecule has 0 spiro atoms. The van der Waals surface area contributed by atoms with Gasteiger partial charge in [0.2, 0.25) is 5.91 Å². The first-order valence-corrected chi connectivity index (χ1v) is 12.6. The van der Waals surface area contributed by atoms with Crippen LogP contribution in [0.25, 0.3) is 0 Å². The van der Waals surface area contributed by atoms with E-state index in [0.717, 1.165) is 51.5 Å². The van der Waals surface area contributed by atoms with Gasteiger partial charge in [0, 0.05) is 6.04 Å². The summed E-state index contributed by atoms with van der Waals surface area (Å²) in [6.07, 6.45) is 12.6. The molecular weight excluding hydrogens is 368 g/mol. The lowest BCUT2D eigenvalue weighted by Gasteiger charge is -2.57. The van der Waals surface area contributed by atoms with E-state index < -0.39 is 0 Å². The van der Waals surface area contributed by atoms with Gasteiger partial charge in [-0.1, -0.05) is 57.0 Å². The van der Waals surface area contributed by atoms with E-state index in [2.05, 4.69) is 49.5 Å². The fraction of sp³-hybridized carbons (Fsp3) is 0.741. The molecule has 30 heavy (non-hydrogen) atoms. The van der Waals surface area contributed by atoms with Crippen LogP contribution in [0, 0.1) is 23.2 Å². The largest absolute Gasteiger partial charge is 0.353 e. The lowest BCUT2D eigenvalue weighted by atomic mass is 9.47. The number of nitrogens with one attached hydrogen (secondary N) is 1. The molecule has 3 aliphatic carbocycles. The highest BCUT2D eigenvalue weighted by molar-refractivity contribution is 5.83. The molecule has 3 N–H and O–H groups in total. The van der Waals surface area contributed by atoms with Crippen LogP contribution in [0.3, 0.4) is 0 Å². The minimum absolute atomic E-state index is 0.174. The Balaban J connectivity index is 1.60. The highest BCUT2D eigenvalue weighted by atomic mass is 16.2. The zero-order chi connectivity index (χ0) is 21.2. The van der Waals surface area contributed by atoms with E-state index in [1.54, 1.807) is 0 Å². The molecule has 2 atom stereocenters. The van der Waals surface area contributed by atoms with Crippen LogP contribution >= 0.6 is 0 Å². The zero-order valence-corrected chi connectivity index (χ0v) is 19.2. The summed E-state index contributed by atoms with van der Waals surface area (Å²) in [5.41, 5.74) is 7.34. The van der Waals surface area contributed by atoms with Crippen molar-refractivity contribution in [2.75, 3.05) is 6.54 Å². The molecule has 0 aromatic heterocycles. The maximum atomic E-state index is 13.9. The number of rotatable bonds is 6. The van der Waals surface area contributed by atoms with Crippen LogP contribution in [-0.2, 0) is 10.2 Å². The van der Waals surface area contributed by atoms with Gasteiger partial charge in [0.15, 0.2) is 0 Å². The monoisotopic (exact) mass is 410 g/mol. The number of nitrogens with two attached hydrogens (primary N) is 1. The molecule has 3 fully saturated rings. The van der Waals surface area contributed by atoms with Gasteiger partial charge in [-0.2, -0.15) is 0 Å². The Labute approximate surface area is 183 Å². The van der Waals surface area contributed by atoms with Gasteiger partial charge >= 0.3 is 0 Å². The van der Waals surface area contributed by atoms with Gasteiger partial charge in [-0.3, -0.25) is 4.79 Å². The first-order valence-electron chi connectivity index (χ1n) is 12.6. The van der Waals surface area contributed by atoms with Crippen molar-refractivity contribution in [2.24, 2.45) is 28.9 Å². The average molecular weight is 411 g/mol. The fourth-order valence-corrected chi connectivity index (χ4v) is 7.31. The smallest absolute Gasteiger partial charge is 0.226 e. The topological polar surface area (TPSA) is 55.1 Å². The van der Waals surface area contributed by atoms with Crippen LogP contribution in [0.4, 0.5) is 0 Å². The molecule has 3 aliphatic rings. The maximum absolute atomic E-state index is 13.9. The van der Waals surface area contributed by atoms with Crippen molar-refractivity contribution < 1.29 is 4.79 Å². The highest BCUT2D eigenvalue weighted by Crippen LogP contribution is 2.61. The third kappa shape index (κ3) is 4.20. The third-order valence-corrected chi connectivity index (χ3v) is 8.93. The minimum atomic E-state index is -0.182. The Bertz CT molecular complexity index is 691. The van der Waals surface area contributed by atoms with Crippen molar-refractivity contribution in [3.8, 4) is 0 Å². The van der Waals surface area contributed by atoms with E-state index in [1.165, 1.54) is 31.2 Å². The number of amides is 1. The molecule has 1 amide bonds. The molecule has 1 aromatic rings. The molecule has 2 bridgehead atoms. The van der Waals surface area contributed by atoms with E-state index >= 15 is 0 Å². The lowest BCUT2D eigenvalue weighted by molar-refractivity contribution is -0.143. The minimum Gasteiger partial charge on any atom is -0.353 e. The zero-order valence-electron chi connectivity index (χ0n) is 19.2. The summed E-state index contributed by atoms with van der Waals surface area (Å²) in [6, 6.07) is 11.5. The first-order chi connectivity index (χ1) is 14.5. The predicted molar refractivity (Wildman–Crippen MR) is 124 cm³/mol. The van der Waals surface area contributed by atoms with Crippen LogP contribution in [0.2, 0.25) is 0 Å². The Morgan fingerprint density at radius 3 is 2.07 bits per heavy atom. The van der Waals surface area contributed by atoms with Gasteiger partial charge in [-0.25, -0.2) is 0 Å². The van der Waals surface area contributed by atoms with E-state index in [1.807, 2.05) is 0 Å². The summed E-state index contributed by atoms with van der Waals surface area (Å²) in [6.45, 7) is 5.43. The fourth-order valence-electron chi connectivity index (χ4n) is 7.31. The van der Waals surface area contributed by atoms with Gasteiger partial charge in [0.25, 0.3) is 0 Å². The van der Waals surface area contributed by atoms with Gasteiger partial charge < -0.3 is 11.1 Å². The molecule has 0 saturated heterocycles. The number of hydrogen-bond donors (Lipinski definition) is 2. The van der Waals surface area contributed by atoms with Gasteiger partial charge in [0.1, 0.15) is 0 Å². The van der Waals surface area contributed by atoms with Crippen LogP contribution < -0.4 is 11.1 Å². The first kappa shape index (κ1) is 21.9. The van der Waals surface area contributed by atoms with Gasteiger partial charge in [0.05, 0.1) is 5.41 Å². The predicted octanol–water partition coefficient (Wildman–Crippen LogP) is 5.57. The quantitative estimate of drug-likeness (QED) is 0.644. The second-order valence-corrected chi connectivity index (χ2v) is 10.9. The molecular formula is C27H42N2O. The number of benzene rings is 1. The molecule has 0 radical (unpaired) electrons. The Kier molecular flexibility index (Phi) is 6.58. The SMILES string of the molecule is CCC1CC2(C(=O)N[C@H]3CC[C@H](CN)CC3)CC(CC)CC(c3ccccc3)(C1)C2. The van der Waals surface area contributed by atoms with E-state index in [-0.39, 0.29) is 10.8 Å². The molecule has 4 rings (SSSR count). The average Bonchev–Trinajstić information content (AvgIpc) is 2.79. The van der Waals surface area contributed by atoms with Crippen molar-refractivity contribution >= 4 is 5.91 Å². The molecule has 0 aliphatic heterocycles. The molecule has 0 heterocycles. The number of carbonyl (C=O) groups excluding carboxylic acids is 1. The van der Waals surface area contributed by atoms with Gasteiger partial charge in [-0.05, 0) is 93.1 Å². The highest BCUT2D eigenvalue weighted by Gasteiger charge is 2.57. The second-order valence-electron chi connectivity index (χ2n) is 10.9. The van der Waals surface area contributed by atoms with Crippen LogP contribution in [0.5, 0.6) is 0 Å². The molecule has 2 unspecified atom stereocenters. The number of fused-ring (bicyclic) bond motifs is 2. The number of hydrogen-bond acceptors (Lipinski definition) is 2. The van der Waals surface area contributed by atoms with Crippen molar-refractivity contribution in [3.63, 3.8) is 0 Å². The summed E-state index contributed by atoms with van der Waals surface area (Å²) in [5, 5.41) is 3.56. The molecule has 1 aromatic carbocycles. The van der Waals surface area contributed by atoms with E-state index in [0.29, 0.717) is 29.7 Å². The van der Waals surface area contributed by atoms with Crippen molar-refractivity contribution in [1.82, 2.24) is 5.32 Å². The molecule has 3 nitrogen and oxygen atoms in total. The van der Waals surface area contributed by atoms with Crippen LogP contribution in [0.1, 0.15) is 90.0 Å². The molecule has 3 saturated carbocycles. The van der Waals surface area contributed by atoms with Crippen LogP contribution in [0.15, 0.2) is 30.3 Å². The van der Waals surface area contributed by atoms with Gasteiger partial charge in [-0.15, -0.1) is 0 Å². The summed E-state index contributed by atoms with van der Waals surface area (Å²) in [5.74, 6) is 2.32. The van der Waals surface area contributed by atoms with Crippen molar-refractivity contribution in [3.05, 3.63) is 35.9 Å². The van der Waals surface area contributed by atoms with E-state index in [9.17, 15) is 4.79 Å². The third-order valence-electron chi connectivity index (χ3n) is 8.93. The Morgan fingerprint density at radius 2 is 1.53 bits per heavy atom. The van der Waals surface area contributed by atoms with Crippen LogP contribution in [-0.4, -0.2) is 18.5 Å². The number of carbonyl (C=O) groups is 1. The standard InChI is InChI=1S/C27H42N2O/c1-3-20-14-26(23-8-6-5-7-9-23)15-21(4-2)17-27(16-20,19-26)25(30)29-24-12-10-22(18-28)11-13-24/h5-9,20-22,24H,3-4,10-19,28H2,1-2H3,(H,29,30)/t20?,21?,22-,24-,26?,27?. The summed E-state index contributed by atoms with van der Waals surface area (Å²) >= 11 is 0. The van der Waals surface area contributed by atoms with Crippen molar-refractivity contribution in [2.45, 2.75) is 95.9 Å². The Morgan fingerprint density at radius 1 is 0.933 bits per heavy atom. The summed E-state index contributed by atoms with van der Waals surface area (Å²) < 4.78 is 0. The van der Waals surface area contributed by atoms with E-state index in [4.69, 9.17) is 5.73 Å². The normalized spacial score (nSPS) is 38.8. The summed E-state index contributed by atoms with van der Waals surface area (Å²) in [7, 11) is 0. The molecule has 3 heteroatoms. The second kappa shape index (κ2) is 9.02. The molecule has 166 valence electrons. The maximum Gasteiger partial charge on any atom is 0.226 e. The van der Waals surface area contributed by atoms with Crippen molar-refractivity contribution in [1.29, 1.82) is 0 Å². The lowest BCUT2D eigenvalue weighted by Crippen LogP contribution is -2.57. The Hall–Kier alpha value is -1.35.